The molecular weight excluding hydrogens is 422 g/mol. The number of imide groups is 1. The number of para-hydroxylation sites is 1. The molecule has 2 bridgehead atoms. The van der Waals surface area contributed by atoms with Gasteiger partial charge >= 0.3 is 0 Å². The van der Waals surface area contributed by atoms with E-state index < -0.39 is 20.0 Å². The van der Waals surface area contributed by atoms with Crippen LogP contribution in [0.2, 0.25) is 0 Å². The Kier molecular flexibility index (Phi) is 4.46. The Balaban J connectivity index is 1.69. The molecule has 0 unspecified atom stereocenters. The quantitative estimate of drug-likeness (QED) is 0.512. The van der Waals surface area contributed by atoms with Gasteiger partial charge in [-0.15, -0.1) is 30.1 Å². The maximum absolute atomic E-state index is 13.6. The van der Waals surface area contributed by atoms with Crippen LogP contribution in [0.15, 0.2) is 73.3 Å². The van der Waals surface area contributed by atoms with Crippen LogP contribution in [0, 0.1) is 11.8 Å². The van der Waals surface area contributed by atoms with Gasteiger partial charge < -0.3 is 0 Å². The Morgan fingerprint density at radius 2 is 1.59 bits per heavy atom. The van der Waals surface area contributed by atoms with Gasteiger partial charge in [-0.25, -0.2) is 4.90 Å². The van der Waals surface area contributed by atoms with Crippen LogP contribution in [-0.2, 0) is 19.1 Å². The van der Waals surface area contributed by atoms with Gasteiger partial charge in [0.15, 0.2) is 0 Å². The van der Waals surface area contributed by atoms with Gasteiger partial charge in [-0.3, -0.25) is 14.4 Å². The summed E-state index contributed by atoms with van der Waals surface area (Å²) in [7, 11) is 0. The van der Waals surface area contributed by atoms with Gasteiger partial charge in [-0.1, -0.05) is 66.4 Å². The fraction of sp³-hybridized carbons (Fsp3) is 0.227. The second-order valence-electron chi connectivity index (χ2n) is 7.10. The van der Waals surface area contributed by atoms with Crippen LogP contribution in [0.5, 0.6) is 0 Å². The van der Waals surface area contributed by atoms with Crippen molar-refractivity contribution in [3.8, 4) is 0 Å². The SMILES string of the molecule is C=CCS[C@]12SC(=O)[C@](c3ccccc3)(S1)[C@H]1C(=O)N(c3ccccc3)C(=O)[C@H]12. The highest BCUT2D eigenvalue weighted by Gasteiger charge is 2.80. The smallest absolute Gasteiger partial charge is 0.240 e. The number of anilines is 1. The summed E-state index contributed by atoms with van der Waals surface area (Å²) in [6, 6.07) is 18.4. The van der Waals surface area contributed by atoms with Gasteiger partial charge in [-0.2, -0.15) is 0 Å². The summed E-state index contributed by atoms with van der Waals surface area (Å²) in [6.07, 6.45) is 1.77. The van der Waals surface area contributed by atoms with Crippen molar-refractivity contribution < 1.29 is 14.4 Å². The second-order valence-corrected chi connectivity index (χ2v) is 11.9. The molecule has 2 aromatic rings. The molecule has 0 N–H and O–H groups in total. The molecule has 3 fully saturated rings. The summed E-state index contributed by atoms with van der Waals surface area (Å²) >= 11 is 4.24. The molecule has 5 rings (SSSR count). The summed E-state index contributed by atoms with van der Waals surface area (Å²) in [5, 5.41) is -0.0393. The minimum absolute atomic E-state index is 0.0393. The number of hydrogen-bond acceptors (Lipinski definition) is 6. The Bertz CT molecular complexity index is 1030. The van der Waals surface area contributed by atoms with Gasteiger partial charge in [0.2, 0.25) is 16.9 Å². The molecule has 0 aromatic heterocycles. The highest BCUT2D eigenvalue weighted by atomic mass is 32.3. The molecule has 146 valence electrons. The average Bonchev–Trinajstić information content (AvgIpc) is 3.32. The molecule has 3 heterocycles. The number of hydrogen-bond donors (Lipinski definition) is 0. The molecule has 4 nitrogen and oxygen atoms in total. The molecule has 0 saturated carbocycles. The van der Waals surface area contributed by atoms with E-state index >= 15 is 0 Å². The fourth-order valence-electron chi connectivity index (χ4n) is 4.44. The minimum atomic E-state index is -1.04. The number of carbonyl (C=O) groups is 3. The summed E-state index contributed by atoms with van der Waals surface area (Å²) in [5.41, 5.74) is 1.36. The normalized spacial score (nSPS) is 32.7. The van der Waals surface area contributed by atoms with E-state index in [1.54, 1.807) is 18.2 Å². The van der Waals surface area contributed by atoms with Gasteiger partial charge in [0.05, 0.1) is 17.5 Å². The van der Waals surface area contributed by atoms with E-state index in [1.165, 1.54) is 40.2 Å². The van der Waals surface area contributed by atoms with Crippen molar-refractivity contribution in [1.82, 2.24) is 0 Å². The highest BCUT2D eigenvalue weighted by Crippen LogP contribution is 2.78. The summed E-state index contributed by atoms with van der Waals surface area (Å²) < 4.78 is -1.76. The van der Waals surface area contributed by atoms with Crippen molar-refractivity contribution in [2.24, 2.45) is 11.8 Å². The average molecular weight is 440 g/mol. The Morgan fingerprint density at radius 3 is 2.24 bits per heavy atom. The van der Waals surface area contributed by atoms with Crippen molar-refractivity contribution in [2.75, 3.05) is 10.7 Å². The topological polar surface area (TPSA) is 54.5 Å². The lowest BCUT2D eigenvalue weighted by Crippen LogP contribution is -2.43. The van der Waals surface area contributed by atoms with Crippen molar-refractivity contribution >= 4 is 57.9 Å². The number of amides is 2. The number of benzene rings is 2. The monoisotopic (exact) mass is 439 g/mol. The molecule has 0 radical (unpaired) electrons. The van der Waals surface area contributed by atoms with Gasteiger partial charge in [-0.05, 0) is 17.7 Å². The first-order valence-electron chi connectivity index (χ1n) is 9.22. The zero-order valence-corrected chi connectivity index (χ0v) is 17.8. The molecule has 3 saturated heterocycles. The van der Waals surface area contributed by atoms with Crippen molar-refractivity contribution in [2.45, 2.75) is 8.16 Å². The first kappa shape index (κ1) is 19.0. The minimum Gasteiger partial charge on any atom is -0.285 e. The van der Waals surface area contributed by atoms with E-state index in [-0.39, 0.29) is 16.9 Å². The standard InChI is InChI=1S/C22H17NO3S3/c1-2-13-27-22-17-16(18(24)23(19(17)25)15-11-7-4-8-12-15)21(29-22,20(26)28-22)14-9-5-3-6-10-14/h2-12,16-17H,1,13H2/t16-,17+,21-,22-/m1/s1. The van der Waals surface area contributed by atoms with E-state index in [1.807, 2.05) is 48.5 Å². The number of nitrogens with zero attached hydrogens (tertiary/aromatic N) is 1. The van der Waals surface area contributed by atoms with E-state index in [0.717, 1.165) is 5.56 Å². The van der Waals surface area contributed by atoms with Crippen LogP contribution in [0.4, 0.5) is 5.69 Å². The first-order chi connectivity index (χ1) is 14.0. The van der Waals surface area contributed by atoms with E-state index in [2.05, 4.69) is 6.58 Å². The predicted octanol–water partition coefficient (Wildman–Crippen LogP) is 4.28. The largest absolute Gasteiger partial charge is 0.285 e. The molecule has 0 spiro atoms. The van der Waals surface area contributed by atoms with Crippen molar-refractivity contribution in [3.63, 3.8) is 0 Å². The molecule has 2 aromatic carbocycles. The predicted molar refractivity (Wildman–Crippen MR) is 120 cm³/mol. The number of carbonyl (C=O) groups excluding carboxylic acids is 3. The van der Waals surface area contributed by atoms with Crippen molar-refractivity contribution in [1.29, 1.82) is 0 Å². The van der Waals surface area contributed by atoms with Gasteiger partial charge in [0.25, 0.3) is 0 Å². The van der Waals surface area contributed by atoms with E-state index in [4.69, 9.17) is 0 Å². The van der Waals surface area contributed by atoms with Gasteiger partial charge in [0, 0.05) is 5.75 Å². The van der Waals surface area contributed by atoms with E-state index in [0.29, 0.717) is 11.4 Å². The highest BCUT2D eigenvalue weighted by molar-refractivity contribution is 8.42. The number of rotatable bonds is 5. The third-order valence-corrected chi connectivity index (χ3v) is 11.1. The number of fused-ring (bicyclic) bond motifs is 5. The van der Waals surface area contributed by atoms with Crippen LogP contribution in [0.3, 0.4) is 0 Å². The third-order valence-electron chi connectivity index (χ3n) is 5.59. The zero-order valence-electron chi connectivity index (χ0n) is 15.3. The number of thioether (sulfide) groups is 3. The zero-order chi connectivity index (χ0) is 20.2. The lowest BCUT2D eigenvalue weighted by Gasteiger charge is -2.32. The Morgan fingerprint density at radius 1 is 0.966 bits per heavy atom. The van der Waals surface area contributed by atoms with Crippen LogP contribution in [0.1, 0.15) is 5.56 Å². The van der Waals surface area contributed by atoms with Crippen LogP contribution in [-0.4, -0.2) is 26.1 Å². The van der Waals surface area contributed by atoms with Crippen molar-refractivity contribution in [3.05, 3.63) is 78.9 Å². The van der Waals surface area contributed by atoms with Gasteiger partial charge in [0.1, 0.15) is 8.16 Å². The fourth-order valence-corrected chi connectivity index (χ4v) is 10.3. The molecule has 3 aliphatic rings. The molecule has 2 amide bonds. The van der Waals surface area contributed by atoms with Crippen LogP contribution < -0.4 is 4.90 Å². The second kappa shape index (κ2) is 6.79. The first-order valence-corrected chi connectivity index (χ1v) is 11.8. The summed E-state index contributed by atoms with van der Waals surface area (Å²) in [4.78, 5) is 41.9. The Hall–Kier alpha value is -1.96. The van der Waals surface area contributed by atoms with Crippen LogP contribution in [0.25, 0.3) is 0 Å². The maximum atomic E-state index is 13.6. The lowest BCUT2D eigenvalue weighted by atomic mass is 9.79. The lowest BCUT2D eigenvalue weighted by molar-refractivity contribution is -0.126. The molecule has 0 aliphatic carbocycles. The molecule has 4 atom stereocenters. The maximum Gasteiger partial charge on any atom is 0.240 e. The van der Waals surface area contributed by atoms with E-state index in [9.17, 15) is 14.4 Å². The molecular formula is C22H17NO3S3. The van der Waals surface area contributed by atoms with Crippen LogP contribution >= 0.6 is 35.3 Å². The summed E-state index contributed by atoms with van der Waals surface area (Å²) in [6.45, 7) is 3.79. The molecule has 29 heavy (non-hydrogen) atoms. The Labute approximate surface area is 181 Å². The molecule has 7 heteroatoms. The third kappa shape index (κ3) is 2.47. The molecule has 3 aliphatic heterocycles. The summed E-state index contributed by atoms with van der Waals surface area (Å²) in [5.74, 6) is -1.15.